The van der Waals surface area contributed by atoms with E-state index in [4.69, 9.17) is 6.42 Å². The molecule has 1 fully saturated rings. The quantitative estimate of drug-likeness (QED) is 0.559. The summed E-state index contributed by atoms with van der Waals surface area (Å²) in [6.45, 7) is 0.668. The molecule has 1 aliphatic heterocycles. The van der Waals surface area contributed by atoms with Crippen LogP contribution in [0.15, 0.2) is 44.9 Å². The Hall–Kier alpha value is -2.32. The number of thiazole rings is 1. The highest BCUT2D eigenvalue weighted by atomic mass is 32.2. The van der Waals surface area contributed by atoms with Crippen molar-refractivity contribution in [2.24, 2.45) is 10.9 Å². The fraction of sp³-hybridized carbons (Fsp3) is 0.300. The van der Waals surface area contributed by atoms with Crippen LogP contribution in [-0.2, 0) is 21.4 Å². The molecule has 30 heavy (non-hydrogen) atoms. The van der Waals surface area contributed by atoms with E-state index in [0.717, 1.165) is 11.3 Å². The summed E-state index contributed by atoms with van der Waals surface area (Å²) in [6, 6.07) is 7.58. The molecule has 1 atom stereocenters. The van der Waals surface area contributed by atoms with Crippen LogP contribution in [-0.4, -0.2) is 36.3 Å². The van der Waals surface area contributed by atoms with E-state index in [9.17, 15) is 17.6 Å². The second kappa shape index (κ2) is 8.43. The monoisotopic (exact) mass is 463 g/mol. The van der Waals surface area contributed by atoms with E-state index in [1.807, 2.05) is 0 Å². The van der Waals surface area contributed by atoms with E-state index < -0.39 is 15.9 Å². The van der Waals surface area contributed by atoms with Gasteiger partial charge in [0.2, 0.25) is 0 Å². The number of benzene rings is 1. The van der Waals surface area contributed by atoms with Crippen molar-refractivity contribution >= 4 is 48.8 Å². The molecule has 4 rings (SSSR count). The third-order valence-corrected chi connectivity index (χ3v) is 9.20. The van der Waals surface area contributed by atoms with E-state index >= 15 is 0 Å². The van der Waals surface area contributed by atoms with Gasteiger partial charge in [0.1, 0.15) is 10.0 Å². The minimum atomic E-state index is -3.61. The summed E-state index contributed by atoms with van der Waals surface area (Å²) in [5.74, 6) is 1.23. The molecule has 0 aliphatic carbocycles. The second-order valence-electron chi connectivity index (χ2n) is 6.87. The summed E-state index contributed by atoms with van der Waals surface area (Å²) >= 11 is 2.34. The molecule has 1 aliphatic rings. The molecule has 1 aromatic carbocycles. The lowest BCUT2D eigenvalue weighted by atomic mass is 9.99. The van der Waals surface area contributed by atoms with Gasteiger partial charge < -0.3 is 4.57 Å². The molecule has 3 heterocycles. The van der Waals surface area contributed by atoms with Gasteiger partial charge in [-0.05, 0) is 42.5 Å². The molecule has 0 N–H and O–H groups in total. The molecule has 6 nitrogen and oxygen atoms in total. The Balaban J connectivity index is 1.64. The summed E-state index contributed by atoms with van der Waals surface area (Å²) < 4.78 is 43.1. The van der Waals surface area contributed by atoms with Gasteiger partial charge in [-0.25, -0.2) is 12.8 Å². The lowest BCUT2D eigenvalue weighted by Crippen LogP contribution is -2.42. The van der Waals surface area contributed by atoms with Crippen molar-refractivity contribution < 1.29 is 17.6 Å². The van der Waals surface area contributed by atoms with E-state index in [2.05, 4.69) is 10.9 Å². The van der Waals surface area contributed by atoms with Crippen LogP contribution >= 0.6 is 22.7 Å². The zero-order chi connectivity index (χ0) is 21.3. The van der Waals surface area contributed by atoms with E-state index in [-0.39, 0.29) is 29.0 Å². The normalized spacial score (nSPS) is 18.5. The van der Waals surface area contributed by atoms with Gasteiger partial charge in [-0.15, -0.1) is 17.8 Å². The number of halogens is 1. The van der Waals surface area contributed by atoms with Crippen molar-refractivity contribution in [3.63, 3.8) is 0 Å². The fourth-order valence-corrected chi connectivity index (χ4v) is 7.19. The first-order valence-electron chi connectivity index (χ1n) is 9.25. The Morgan fingerprint density at radius 2 is 2.20 bits per heavy atom. The number of piperidine rings is 1. The maximum absolute atomic E-state index is 13.6. The molecule has 10 heteroatoms. The number of rotatable bonds is 4. The first kappa shape index (κ1) is 20.9. The van der Waals surface area contributed by atoms with Gasteiger partial charge in [-0.3, -0.25) is 4.79 Å². The average molecular weight is 464 g/mol. The number of carbonyl (C=O) groups is 1. The van der Waals surface area contributed by atoms with Crippen LogP contribution in [0.3, 0.4) is 0 Å². The third-order valence-electron chi connectivity index (χ3n) is 4.92. The van der Waals surface area contributed by atoms with Crippen LogP contribution < -0.4 is 4.80 Å². The lowest BCUT2D eigenvalue weighted by molar-refractivity contribution is -0.122. The number of terminal acetylenes is 1. The zero-order valence-electron chi connectivity index (χ0n) is 15.8. The zero-order valence-corrected chi connectivity index (χ0v) is 18.3. The van der Waals surface area contributed by atoms with E-state index in [1.54, 1.807) is 28.1 Å². The van der Waals surface area contributed by atoms with Gasteiger partial charge in [-0.1, -0.05) is 23.3 Å². The smallest absolute Gasteiger partial charge is 0.252 e. The first-order chi connectivity index (χ1) is 14.4. The number of hydrogen-bond acceptors (Lipinski definition) is 5. The number of carbonyl (C=O) groups excluding carboxylic acids is 1. The first-order valence-corrected chi connectivity index (χ1v) is 12.4. The number of amides is 1. The number of fused-ring (bicyclic) bond motifs is 1. The minimum Gasteiger partial charge on any atom is -0.305 e. The van der Waals surface area contributed by atoms with Crippen molar-refractivity contribution in [1.29, 1.82) is 0 Å². The Morgan fingerprint density at radius 3 is 2.93 bits per heavy atom. The third kappa shape index (κ3) is 3.98. The Bertz CT molecular complexity index is 1300. The SMILES string of the molecule is C#CCn1c(=NC(=O)C2CCCN(S(=O)(=O)c3cccs3)C2)sc2cc(F)ccc21. The van der Waals surface area contributed by atoms with Crippen LogP contribution in [0.5, 0.6) is 0 Å². The van der Waals surface area contributed by atoms with Crippen molar-refractivity contribution in [2.45, 2.75) is 23.6 Å². The molecule has 0 saturated carbocycles. The highest BCUT2D eigenvalue weighted by Gasteiger charge is 2.33. The lowest BCUT2D eigenvalue weighted by Gasteiger charge is -2.29. The molecule has 2 aromatic heterocycles. The van der Waals surface area contributed by atoms with E-state index in [0.29, 0.717) is 34.4 Å². The number of hydrogen-bond donors (Lipinski definition) is 0. The van der Waals surface area contributed by atoms with Crippen molar-refractivity contribution in [3.8, 4) is 12.3 Å². The van der Waals surface area contributed by atoms with Crippen molar-refractivity contribution in [3.05, 3.63) is 46.3 Å². The van der Waals surface area contributed by atoms with Crippen LogP contribution in [0.25, 0.3) is 10.2 Å². The van der Waals surface area contributed by atoms with E-state index in [1.165, 1.54) is 27.8 Å². The van der Waals surface area contributed by atoms with Crippen LogP contribution in [0.4, 0.5) is 4.39 Å². The molecule has 0 radical (unpaired) electrons. The number of aromatic nitrogens is 1. The van der Waals surface area contributed by atoms with Crippen LogP contribution in [0.2, 0.25) is 0 Å². The van der Waals surface area contributed by atoms with Gasteiger partial charge in [0, 0.05) is 13.1 Å². The molecule has 0 bridgehead atoms. The molecule has 3 aromatic rings. The van der Waals surface area contributed by atoms with Gasteiger partial charge >= 0.3 is 0 Å². The fourth-order valence-electron chi connectivity index (χ4n) is 3.46. The Labute approximate surface area is 181 Å². The summed E-state index contributed by atoms with van der Waals surface area (Å²) in [7, 11) is -3.61. The maximum Gasteiger partial charge on any atom is 0.252 e. The summed E-state index contributed by atoms with van der Waals surface area (Å²) in [5.41, 5.74) is 0.705. The molecule has 156 valence electrons. The maximum atomic E-state index is 13.6. The minimum absolute atomic E-state index is 0.0945. The summed E-state index contributed by atoms with van der Waals surface area (Å²) in [4.78, 5) is 17.5. The summed E-state index contributed by atoms with van der Waals surface area (Å²) in [5, 5.41) is 1.71. The molecular formula is C20H18FN3O3S3. The Kier molecular flexibility index (Phi) is 5.88. The standard InChI is InChI=1S/C20H18FN3O3S3/c1-2-9-24-16-8-7-15(21)12-17(16)29-20(24)22-19(25)14-5-3-10-23(13-14)30(26,27)18-6-4-11-28-18/h1,4,6-8,11-12,14H,3,5,9-10,13H2. The largest absolute Gasteiger partial charge is 0.305 e. The molecule has 1 amide bonds. The number of nitrogens with zero attached hydrogens (tertiary/aromatic N) is 3. The second-order valence-corrected chi connectivity index (χ2v) is 11.0. The molecule has 1 saturated heterocycles. The molecule has 1 unspecified atom stereocenters. The van der Waals surface area contributed by atoms with Gasteiger partial charge in [0.05, 0.1) is 22.7 Å². The topological polar surface area (TPSA) is 71.7 Å². The molecule has 0 spiro atoms. The Morgan fingerprint density at radius 1 is 1.37 bits per heavy atom. The van der Waals surface area contributed by atoms with Crippen molar-refractivity contribution in [2.75, 3.05) is 13.1 Å². The van der Waals surface area contributed by atoms with Crippen LogP contribution in [0.1, 0.15) is 12.8 Å². The number of thiophene rings is 1. The summed E-state index contributed by atoms with van der Waals surface area (Å²) in [6.07, 6.45) is 6.60. The number of sulfonamides is 1. The predicted molar refractivity (Wildman–Crippen MR) is 115 cm³/mol. The van der Waals surface area contributed by atoms with Crippen LogP contribution in [0, 0.1) is 24.1 Å². The van der Waals surface area contributed by atoms with Crippen molar-refractivity contribution in [1.82, 2.24) is 8.87 Å². The van der Waals surface area contributed by atoms with Gasteiger partial charge in [0.25, 0.3) is 15.9 Å². The highest BCUT2D eigenvalue weighted by molar-refractivity contribution is 7.91. The van der Waals surface area contributed by atoms with Gasteiger partial charge in [-0.2, -0.15) is 9.30 Å². The molecular weight excluding hydrogens is 445 g/mol. The predicted octanol–water partition coefficient (Wildman–Crippen LogP) is 3.06. The highest BCUT2D eigenvalue weighted by Crippen LogP contribution is 2.27. The average Bonchev–Trinajstić information content (AvgIpc) is 3.37. The van der Waals surface area contributed by atoms with Gasteiger partial charge in [0.15, 0.2) is 4.80 Å².